The smallest absolute Gasteiger partial charge is 0.191 e. The molecule has 2 unspecified atom stereocenters. The van der Waals surface area contributed by atoms with Gasteiger partial charge in [0.1, 0.15) is 12.3 Å². The highest BCUT2D eigenvalue weighted by atomic mass is 32.1. The van der Waals surface area contributed by atoms with Crippen molar-refractivity contribution in [2.24, 2.45) is 0 Å². The van der Waals surface area contributed by atoms with Crippen molar-refractivity contribution < 1.29 is 0 Å². The lowest BCUT2D eigenvalue weighted by atomic mass is 10.1. The zero-order valence-corrected chi connectivity index (χ0v) is 19.8. The van der Waals surface area contributed by atoms with Crippen LogP contribution in [0.15, 0.2) is 0 Å². The van der Waals surface area contributed by atoms with Crippen molar-refractivity contribution in [2.45, 2.75) is 129 Å². The molecule has 0 aromatic rings. The molecule has 2 aliphatic rings. The molecule has 28 heavy (non-hydrogen) atoms. The van der Waals surface area contributed by atoms with Crippen LogP contribution in [-0.4, -0.2) is 32.6 Å². The highest BCUT2D eigenvalue weighted by Gasteiger charge is 2.45. The fourth-order valence-electron chi connectivity index (χ4n) is 4.30. The lowest BCUT2D eigenvalue weighted by molar-refractivity contribution is 0.103. The summed E-state index contributed by atoms with van der Waals surface area (Å²) in [6.07, 6.45) is 21.4. The summed E-state index contributed by atoms with van der Waals surface area (Å²) in [5, 5.41) is 13.1. The van der Waals surface area contributed by atoms with Crippen LogP contribution in [0.1, 0.15) is 117 Å². The lowest BCUT2D eigenvalue weighted by Crippen LogP contribution is -2.41. The Hall–Kier alpha value is -0.620. The Balaban J connectivity index is 1.66. The number of thiocarbonyl (C=S) groups is 2. The molecule has 0 radical (unpaired) electrons. The van der Waals surface area contributed by atoms with Gasteiger partial charge in [0.25, 0.3) is 0 Å². The highest BCUT2D eigenvalue weighted by molar-refractivity contribution is 7.80. The SMILES string of the molecule is CCCCCCCCCC1NC(=S)N2C(CCCCCCCCC)NC(=S)N12. The Morgan fingerprint density at radius 1 is 0.571 bits per heavy atom. The summed E-state index contributed by atoms with van der Waals surface area (Å²) in [6.45, 7) is 4.54. The molecule has 2 saturated heterocycles. The van der Waals surface area contributed by atoms with Gasteiger partial charge in [-0.1, -0.05) is 90.9 Å². The minimum atomic E-state index is 0.238. The van der Waals surface area contributed by atoms with Gasteiger partial charge in [-0.25, -0.2) is 10.0 Å². The summed E-state index contributed by atoms with van der Waals surface area (Å²) >= 11 is 11.3. The Labute approximate surface area is 184 Å². The summed E-state index contributed by atoms with van der Waals surface area (Å²) in [6, 6.07) is 0. The molecule has 0 amide bonds. The third kappa shape index (κ3) is 7.33. The summed E-state index contributed by atoms with van der Waals surface area (Å²) in [5.74, 6) is 0. The molecule has 2 N–H and O–H groups in total. The second-order valence-corrected chi connectivity index (χ2v) is 9.21. The van der Waals surface area contributed by atoms with Gasteiger partial charge in [0, 0.05) is 0 Å². The predicted octanol–water partition coefficient (Wildman–Crippen LogP) is 6.22. The van der Waals surface area contributed by atoms with E-state index < -0.39 is 0 Å². The number of nitrogens with one attached hydrogen (secondary N) is 2. The number of hydrogen-bond donors (Lipinski definition) is 2. The molecule has 0 aromatic carbocycles. The first-order chi connectivity index (χ1) is 13.7. The molecule has 0 aliphatic carbocycles. The second-order valence-electron chi connectivity index (χ2n) is 8.44. The van der Waals surface area contributed by atoms with E-state index in [1.807, 2.05) is 0 Å². The van der Waals surface area contributed by atoms with Gasteiger partial charge in [0.05, 0.1) is 0 Å². The van der Waals surface area contributed by atoms with E-state index in [1.54, 1.807) is 0 Å². The maximum Gasteiger partial charge on any atom is 0.191 e. The van der Waals surface area contributed by atoms with Gasteiger partial charge in [-0.05, 0) is 50.1 Å². The van der Waals surface area contributed by atoms with Gasteiger partial charge < -0.3 is 10.6 Å². The van der Waals surface area contributed by atoms with E-state index >= 15 is 0 Å². The maximum atomic E-state index is 5.64. The molecule has 2 atom stereocenters. The standard InChI is InChI=1S/C22H42N4S2/c1-3-5-7-9-11-13-15-17-19-23-21(27)26-20(24-22(28)25(19)26)18-16-14-12-10-8-6-4-2/h19-20H,3-18H2,1-2H3,(H,23,27)(H,24,28). The fraction of sp³-hybridized carbons (Fsp3) is 0.909. The largest absolute Gasteiger partial charge is 0.339 e. The van der Waals surface area contributed by atoms with Crippen LogP contribution >= 0.6 is 24.4 Å². The predicted molar refractivity (Wildman–Crippen MR) is 128 cm³/mol. The number of rotatable bonds is 16. The zero-order valence-electron chi connectivity index (χ0n) is 18.2. The molecule has 0 bridgehead atoms. The van der Waals surface area contributed by atoms with Crippen LogP contribution in [-0.2, 0) is 0 Å². The van der Waals surface area contributed by atoms with Crippen LogP contribution in [0.4, 0.5) is 0 Å². The van der Waals surface area contributed by atoms with E-state index in [0.29, 0.717) is 0 Å². The van der Waals surface area contributed by atoms with E-state index in [4.69, 9.17) is 24.4 Å². The first kappa shape index (κ1) is 23.7. The van der Waals surface area contributed by atoms with Crippen LogP contribution in [0.2, 0.25) is 0 Å². The van der Waals surface area contributed by atoms with Crippen LogP contribution < -0.4 is 10.6 Å². The molecule has 6 heteroatoms. The van der Waals surface area contributed by atoms with E-state index in [9.17, 15) is 0 Å². The van der Waals surface area contributed by atoms with Gasteiger partial charge in [-0.3, -0.25) is 0 Å². The Morgan fingerprint density at radius 2 is 0.893 bits per heavy atom. The van der Waals surface area contributed by atoms with Gasteiger partial charge >= 0.3 is 0 Å². The van der Waals surface area contributed by atoms with E-state index in [1.165, 1.54) is 89.9 Å². The van der Waals surface area contributed by atoms with Gasteiger partial charge in [-0.2, -0.15) is 0 Å². The van der Waals surface area contributed by atoms with Crippen LogP contribution in [0.3, 0.4) is 0 Å². The number of hydrazine groups is 1. The topological polar surface area (TPSA) is 30.5 Å². The minimum Gasteiger partial charge on any atom is -0.339 e. The minimum absolute atomic E-state index is 0.238. The first-order valence-corrected chi connectivity index (χ1v) is 12.7. The van der Waals surface area contributed by atoms with Crippen molar-refractivity contribution in [1.82, 2.24) is 20.7 Å². The average molecular weight is 427 g/mol. The summed E-state index contributed by atoms with van der Waals surface area (Å²) < 4.78 is 0. The van der Waals surface area contributed by atoms with Crippen LogP contribution in [0.5, 0.6) is 0 Å². The molecule has 2 rings (SSSR count). The molecule has 0 saturated carbocycles. The molecular formula is C22H42N4S2. The number of fused-ring (bicyclic) bond motifs is 1. The molecule has 0 aromatic heterocycles. The molecule has 2 aliphatic heterocycles. The fourth-order valence-corrected chi connectivity index (χ4v) is 5.00. The van der Waals surface area contributed by atoms with Crippen molar-refractivity contribution in [1.29, 1.82) is 0 Å². The second kappa shape index (κ2) is 13.6. The number of unbranched alkanes of at least 4 members (excludes halogenated alkanes) is 12. The van der Waals surface area contributed by atoms with Crippen molar-refractivity contribution in [3.05, 3.63) is 0 Å². The summed E-state index contributed by atoms with van der Waals surface area (Å²) in [4.78, 5) is 0. The quantitative estimate of drug-likeness (QED) is 0.225. The molecule has 2 heterocycles. The third-order valence-corrected chi connectivity index (χ3v) is 6.59. The van der Waals surface area contributed by atoms with Crippen LogP contribution in [0, 0.1) is 0 Å². The molecule has 0 spiro atoms. The summed E-state index contributed by atoms with van der Waals surface area (Å²) in [5.41, 5.74) is 0. The Morgan fingerprint density at radius 3 is 1.25 bits per heavy atom. The normalized spacial score (nSPS) is 21.2. The number of hydrogen-bond acceptors (Lipinski definition) is 2. The zero-order chi connectivity index (χ0) is 20.2. The monoisotopic (exact) mass is 426 g/mol. The van der Waals surface area contributed by atoms with Crippen molar-refractivity contribution in [3.63, 3.8) is 0 Å². The lowest BCUT2D eigenvalue weighted by Gasteiger charge is -2.26. The molecule has 2 fully saturated rings. The summed E-state index contributed by atoms with van der Waals surface area (Å²) in [7, 11) is 0. The van der Waals surface area contributed by atoms with E-state index in [0.717, 1.165) is 23.1 Å². The Bertz CT molecular complexity index is 429. The number of nitrogens with zero attached hydrogens (tertiary/aromatic N) is 2. The highest BCUT2D eigenvalue weighted by Crippen LogP contribution is 2.27. The van der Waals surface area contributed by atoms with Crippen molar-refractivity contribution >= 4 is 34.7 Å². The van der Waals surface area contributed by atoms with Crippen molar-refractivity contribution in [2.75, 3.05) is 0 Å². The van der Waals surface area contributed by atoms with E-state index in [2.05, 4.69) is 34.5 Å². The van der Waals surface area contributed by atoms with Crippen LogP contribution in [0.25, 0.3) is 0 Å². The molecule has 4 nitrogen and oxygen atoms in total. The van der Waals surface area contributed by atoms with Gasteiger partial charge in [0.2, 0.25) is 0 Å². The van der Waals surface area contributed by atoms with Crippen molar-refractivity contribution in [3.8, 4) is 0 Å². The van der Waals surface area contributed by atoms with Gasteiger partial charge in [-0.15, -0.1) is 0 Å². The van der Waals surface area contributed by atoms with Gasteiger partial charge in [0.15, 0.2) is 10.2 Å². The Kier molecular flexibility index (Phi) is 11.5. The molecule has 162 valence electrons. The van der Waals surface area contributed by atoms with E-state index in [-0.39, 0.29) is 12.3 Å². The maximum absolute atomic E-state index is 5.64. The average Bonchev–Trinajstić information content (AvgIpc) is 3.19. The molecular weight excluding hydrogens is 384 g/mol. The first-order valence-electron chi connectivity index (χ1n) is 11.9. The third-order valence-electron chi connectivity index (χ3n) is 5.98.